The molecule has 0 bridgehead atoms. The fourth-order valence-electron chi connectivity index (χ4n) is 2.20. The second-order valence-electron chi connectivity index (χ2n) is 5.09. The molecule has 8 heteroatoms. The lowest BCUT2D eigenvalue weighted by molar-refractivity contribution is 0.507. The van der Waals surface area contributed by atoms with E-state index in [0.29, 0.717) is 24.6 Å². The van der Waals surface area contributed by atoms with Crippen molar-refractivity contribution in [1.29, 1.82) is 0 Å². The zero-order chi connectivity index (χ0) is 16.6. The van der Waals surface area contributed by atoms with Crippen molar-refractivity contribution >= 4 is 5.96 Å². The molecule has 0 spiro atoms. The van der Waals surface area contributed by atoms with Crippen LogP contribution in [0, 0.1) is 0 Å². The largest absolute Gasteiger partial charge is 0.469 e. The van der Waals surface area contributed by atoms with Crippen molar-refractivity contribution in [2.45, 2.75) is 12.8 Å². The van der Waals surface area contributed by atoms with Crippen molar-refractivity contribution < 1.29 is 8.83 Å². The smallest absolute Gasteiger partial charge is 0.216 e. The van der Waals surface area contributed by atoms with E-state index < -0.39 is 0 Å². The third-order valence-electron chi connectivity index (χ3n) is 3.40. The predicted molar refractivity (Wildman–Crippen MR) is 89.6 cm³/mol. The van der Waals surface area contributed by atoms with Gasteiger partial charge in [-0.25, -0.2) is 4.98 Å². The number of aromatic amines is 1. The van der Waals surface area contributed by atoms with Crippen LogP contribution in [0.2, 0.25) is 0 Å². The predicted octanol–water partition coefficient (Wildman–Crippen LogP) is 1.61. The number of rotatable bonds is 7. The minimum atomic E-state index is 0.566. The molecule has 0 saturated carbocycles. The van der Waals surface area contributed by atoms with Gasteiger partial charge in [-0.15, -0.1) is 0 Å². The molecule has 0 aromatic carbocycles. The molecule has 126 valence electrons. The van der Waals surface area contributed by atoms with Gasteiger partial charge in [0.1, 0.15) is 11.6 Å². The van der Waals surface area contributed by atoms with E-state index in [1.165, 1.54) is 0 Å². The average molecular weight is 328 g/mol. The summed E-state index contributed by atoms with van der Waals surface area (Å²) < 4.78 is 10.6. The second-order valence-corrected chi connectivity index (χ2v) is 5.09. The molecule has 3 aromatic heterocycles. The number of hydrogen-bond donors (Lipinski definition) is 3. The number of aliphatic imine (C=N–C) groups is 1. The van der Waals surface area contributed by atoms with Crippen LogP contribution in [0.25, 0.3) is 11.6 Å². The number of furan rings is 2. The Morgan fingerprint density at radius 3 is 2.62 bits per heavy atom. The molecule has 0 radical (unpaired) electrons. The Morgan fingerprint density at radius 1 is 1.12 bits per heavy atom. The zero-order valence-corrected chi connectivity index (χ0v) is 13.5. The number of nitrogens with zero attached hydrogens (tertiary/aromatic N) is 3. The summed E-state index contributed by atoms with van der Waals surface area (Å²) in [5.41, 5.74) is 0. The van der Waals surface area contributed by atoms with Gasteiger partial charge in [0.05, 0.1) is 12.5 Å². The molecule has 0 saturated heterocycles. The fraction of sp³-hybridized carbons (Fsp3) is 0.312. The van der Waals surface area contributed by atoms with Crippen LogP contribution in [0.4, 0.5) is 0 Å². The van der Waals surface area contributed by atoms with E-state index in [1.54, 1.807) is 19.6 Å². The zero-order valence-electron chi connectivity index (χ0n) is 13.5. The summed E-state index contributed by atoms with van der Waals surface area (Å²) in [7, 11) is 1.74. The number of aromatic nitrogens is 3. The Bertz CT molecular complexity index is 745. The molecular weight excluding hydrogens is 308 g/mol. The summed E-state index contributed by atoms with van der Waals surface area (Å²) in [6.45, 7) is 1.44. The second kappa shape index (κ2) is 8.00. The molecule has 3 rings (SSSR count). The quantitative estimate of drug-likeness (QED) is 0.449. The molecule has 0 aliphatic heterocycles. The third-order valence-corrected chi connectivity index (χ3v) is 3.40. The van der Waals surface area contributed by atoms with Gasteiger partial charge >= 0.3 is 0 Å². The Kier molecular flexibility index (Phi) is 5.28. The van der Waals surface area contributed by atoms with Crippen LogP contribution in [0.15, 0.2) is 50.6 Å². The number of guanidine groups is 1. The molecule has 3 heterocycles. The van der Waals surface area contributed by atoms with Crippen molar-refractivity contribution in [3.05, 3.63) is 48.4 Å². The number of H-pyrrole nitrogens is 1. The van der Waals surface area contributed by atoms with Crippen molar-refractivity contribution in [3.63, 3.8) is 0 Å². The summed E-state index contributed by atoms with van der Waals surface area (Å²) in [6, 6.07) is 7.48. The van der Waals surface area contributed by atoms with E-state index in [0.717, 1.165) is 30.5 Å². The first-order chi connectivity index (χ1) is 11.8. The normalized spacial score (nSPS) is 11.6. The standard InChI is InChI=1S/C16H20N6O2/c1-17-16(18-8-6-12-4-2-10-23-12)19-9-7-14-20-15(22-21-14)13-5-3-11-24-13/h2-5,10-11H,6-9H2,1H3,(H2,17,18,19)(H,20,21,22). The highest BCUT2D eigenvalue weighted by Crippen LogP contribution is 2.14. The van der Waals surface area contributed by atoms with Crippen LogP contribution in [-0.4, -0.2) is 41.3 Å². The van der Waals surface area contributed by atoms with E-state index in [4.69, 9.17) is 8.83 Å². The highest BCUT2D eigenvalue weighted by Gasteiger charge is 2.08. The van der Waals surface area contributed by atoms with Gasteiger partial charge in [-0.2, -0.15) is 5.10 Å². The summed E-state index contributed by atoms with van der Waals surface area (Å²) >= 11 is 0. The van der Waals surface area contributed by atoms with Gasteiger partial charge in [0.25, 0.3) is 0 Å². The minimum Gasteiger partial charge on any atom is -0.469 e. The highest BCUT2D eigenvalue weighted by atomic mass is 16.3. The molecule has 0 amide bonds. The summed E-state index contributed by atoms with van der Waals surface area (Å²) in [5, 5.41) is 13.5. The molecule has 0 fully saturated rings. The van der Waals surface area contributed by atoms with Crippen molar-refractivity contribution in [2.75, 3.05) is 20.1 Å². The molecule has 0 aliphatic rings. The maximum Gasteiger partial charge on any atom is 0.216 e. The van der Waals surface area contributed by atoms with E-state index in [9.17, 15) is 0 Å². The first-order valence-corrected chi connectivity index (χ1v) is 7.77. The van der Waals surface area contributed by atoms with Gasteiger partial charge in [0, 0.05) is 33.0 Å². The Balaban J connectivity index is 1.40. The van der Waals surface area contributed by atoms with E-state index in [1.807, 2.05) is 24.3 Å². The van der Waals surface area contributed by atoms with Gasteiger partial charge in [-0.05, 0) is 24.3 Å². The topological polar surface area (TPSA) is 104 Å². The summed E-state index contributed by atoms with van der Waals surface area (Å²) in [4.78, 5) is 8.58. The summed E-state index contributed by atoms with van der Waals surface area (Å²) in [6.07, 6.45) is 4.79. The molecule has 24 heavy (non-hydrogen) atoms. The first kappa shape index (κ1) is 15.9. The lowest BCUT2D eigenvalue weighted by Gasteiger charge is -2.10. The van der Waals surface area contributed by atoms with Crippen LogP contribution in [0.1, 0.15) is 11.6 Å². The lowest BCUT2D eigenvalue weighted by Crippen LogP contribution is -2.39. The molecular formula is C16H20N6O2. The van der Waals surface area contributed by atoms with Gasteiger partial charge < -0.3 is 19.5 Å². The molecule has 0 aliphatic carbocycles. The monoisotopic (exact) mass is 328 g/mol. The first-order valence-electron chi connectivity index (χ1n) is 7.77. The summed E-state index contributed by atoms with van der Waals surface area (Å²) in [5.74, 6) is 3.70. The average Bonchev–Trinajstić information content (AvgIpc) is 3.34. The van der Waals surface area contributed by atoms with Crippen LogP contribution >= 0.6 is 0 Å². The third kappa shape index (κ3) is 4.25. The maximum absolute atomic E-state index is 5.29. The highest BCUT2D eigenvalue weighted by molar-refractivity contribution is 5.79. The van der Waals surface area contributed by atoms with E-state index in [2.05, 4.69) is 30.8 Å². The van der Waals surface area contributed by atoms with Gasteiger partial charge in [-0.1, -0.05) is 0 Å². The van der Waals surface area contributed by atoms with Gasteiger partial charge in [0.15, 0.2) is 11.7 Å². The number of hydrogen-bond acceptors (Lipinski definition) is 5. The fourth-order valence-corrected chi connectivity index (χ4v) is 2.20. The Morgan fingerprint density at radius 2 is 1.92 bits per heavy atom. The van der Waals surface area contributed by atoms with Crippen LogP contribution in [-0.2, 0) is 12.8 Å². The van der Waals surface area contributed by atoms with Crippen molar-refractivity contribution in [1.82, 2.24) is 25.8 Å². The van der Waals surface area contributed by atoms with Gasteiger partial charge in [-0.3, -0.25) is 10.1 Å². The lowest BCUT2D eigenvalue weighted by atomic mass is 10.3. The minimum absolute atomic E-state index is 0.566. The van der Waals surface area contributed by atoms with Crippen molar-refractivity contribution in [3.8, 4) is 11.6 Å². The molecule has 3 aromatic rings. The van der Waals surface area contributed by atoms with Crippen LogP contribution in [0.3, 0.4) is 0 Å². The molecule has 0 atom stereocenters. The van der Waals surface area contributed by atoms with Crippen LogP contribution in [0.5, 0.6) is 0 Å². The van der Waals surface area contributed by atoms with Gasteiger partial charge in [0.2, 0.25) is 5.82 Å². The Hall–Kier alpha value is -3.03. The van der Waals surface area contributed by atoms with Crippen molar-refractivity contribution in [2.24, 2.45) is 4.99 Å². The van der Waals surface area contributed by atoms with E-state index >= 15 is 0 Å². The molecule has 8 nitrogen and oxygen atoms in total. The maximum atomic E-state index is 5.29. The molecule has 0 unspecified atom stereocenters. The SMILES string of the molecule is CN=C(NCCc1nc(-c2ccco2)n[nH]1)NCCc1ccco1. The Labute approximate surface area is 139 Å². The molecule has 3 N–H and O–H groups in total. The van der Waals surface area contributed by atoms with Crippen LogP contribution < -0.4 is 10.6 Å². The number of nitrogens with one attached hydrogen (secondary N) is 3. The van der Waals surface area contributed by atoms with E-state index in [-0.39, 0.29) is 0 Å².